The molecule has 0 amide bonds. The van der Waals surface area contributed by atoms with Crippen molar-refractivity contribution >= 4 is 5.78 Å². The quantitative estimate of drug-likeness (QED) is 0.531. The topological polar surface area (TPSA) is 33.8 Å². The molecule has 0 aliphatic rings. The third-order valence-corrected chi connectivity index (χ3v) is 2.48. The Morgan fingerprint density at radius 1 is 1.11 bits per heavy atom. The maximum Gasteiger partial charge on any atom is 0.227 e. The van der Waals surface area contributed by atoms with Gasteiger partial charge in [0.15, 0.2) is 12.4 Å². The molecule has 18 heavy (non-hydrogen) atoms. The fraction of sp³-hybridized carbons (Fsp3) is 0.214. The van der Waals surface area contributed by atoms with Crippen LogP contribution in [0.15, 0.2) is 42.7 Å². The van der Waals surface area contributed by atoms with E-state index >= 15 is 0 Å². The molecule has 1 heterocycles. The minimum absolute atomic E-state index is 0. The summed E-state index contributed by atoms with van der Waals surface area (Å²) in [5.74, 6) is 0.112. The Morgan fingerprint density at radius 2 is 1.67 bits per heavy atom. The first kappa shape index (κ1) is 14.5. The van der Waals surface area contributed by atoms with Crippen molar-refractivity contribution in [2.45, 2.75) is 20.4 Å². The summed E-state index contributed by atoms with van der Waals surface area (Å²) in [4.78, 5) is 16.3. The highest BCUT2D eigenvalue weighted by Crippen LogP contribution is 2.00. The summed E-state index contributed by atoms with van der Waals surface area (Å²) in [6.45, 7) is 4.21. The molecule has 3 nitrogen and oxygen atoms in total. The molecule has 2 rings (SSSR count). The summed E-state index contributed by atoms with van der Waals surface area (Å²) in [5, 5.41) is 0. The average Bonchev–Trinajstić information content (AvgIpc) is 2.28. The number of carbonyl (C=O) groups is 1. The van der Waals surface area contributed by atoms with Crippen LogP contribution in [0.25, 0.3) is 0 Å². The Balaban J connectivity index is 0.00000162. The third kappa shape index (κ3) is 3.74. The van der Waals surface area contributed by atoms with Crippen LogP contribution in [0, 0.1) is 13.8 Å². The fourth-order valence-corrected chi connectivity index (χ4v) is 1.83. The van der Waals surface area contributed by atoms with Gasteiger partial charge in [0, 0.05) is 5.56 Å². The van der Waals surface area contributed by atoms with Crippen molar-refractivity contribution in [3.63, 3.8) is 0 Å². The van der Waals surface area contributed by atoms with E-state index in [9.17, 15) is 4.79 Å². The summed E-state index contributed by atoms with van der Waals surface area (Å²) < 4.78 is 1.88. The van der Waals surface area contributed by atoms with Gasteiger partial charge in [0.2, 0.25) is 12.3 Å². The number of carbonyl (C=O) groups excluding carboxylic acids is 1. The highest BCUT2D eigenvalue weighted by Gasteiger charge is 2.12. The number of aromatic nitrogens is 2. The molecule has 1 aromatic heterocycles. The van der Waals surface area contributed by atoms with E-state index in [-0.39, 0.29) is 22.8 Å². The molecule has 4 heteroatoms. The van der Waals surface area contributed by atoms with Crippen LogP contribution in [0.4, 0.5) is 0 Å². The predicted octanol–water partition coefficient (Wildman–Crippen LogP) is -1.13. The molecule has 0 unspecified atom stereocenters. The maximum atomic E-state index is 12.0. The Kier molecular flexibility index (Phi) is 5.16. The SMILES string of the molecule is Cc1c[n+](CC(=O)c2ccccc2)cc(C)n1.[Br-]. The molecule has 1 aromatic carbocycles. The summed E-state index contributed by atoms with van der Waals surface area (Å²) >= 11 is 0. The first-order valence-electron chi connectivity index (χ1n) is 5.58. The molecule has 0 aliphatic carbocycles. The lowest BCUT2D eigenvalue weighted by atomic mass is 10.1. The first-order valence-corrected chi connectivity index (χ1v) is 5.58. The minimum atomic E-state index is 0. The van der Waals surface area contributed by atoms with E-state index in [0.29, 0.717) is 6.54 Å². The van der Waals surface area contributed by atoms with Crippen LogP contribution in [0.1, 0.15) is 21.7 Å². The molecule has 2 aromatic rings. The minimum Gasteiger partial charge on any atom is -1.00 e. The monoisotopic (exact) mass is 306 g/mol. The van der Waals surface area contributed by atoms with Crippen LogP contribution in [0.5, 0.6) is 0 Å². The Morgan fingerprint density at radius 3 is 2.22 bits per heavy atom. The van der Waals surface area contributed by atoms with Crippen molar-refractivity contribution in [3.8, 4) is 0 Å². The van der Waals surface area contributed by atoms with Crippen LogP contribution in [-0.4, -0.2) is 10.8 Å². The lowest BCUT2D eigenvalue weighted by molar-refractivity contribution is -0.684. The van der Waals surface area contributed by atoms with Crippen molar-refractivity contribution in [1.29, 1.82) is 0 Å². The van der Waals surface area contributed by atoms with Gasteiger partial charge in [0.1, 0.15) is 11.4 Å². The van der Waals surface area contributed by atoms with Crippen molar-refractivity contribution in [2.75, 3.05) is 0 Å². The van der Waals surface area contributed by atoms with Crippen LogP contribution in [0.2, 0.25) is 0 Å². The summed E-state index contributed by atoms with van der Waals surface area (Å²) in [6, 6.07) is 9.33. The molecule has 0 radical (unpaired) electrons. The summed E-state index contributed by atoms with van der Waals surface area (Å²) in [6.07, 6.45) is 3.77. The second-order valence-electron chi connectivity index (χ2n) is 4.11. The van der Waals surface area contributed by atoms with Crippen molar-refractivity contribution in [2.24, 2.45) is 0 Å². The summed E-state index contributed by atoms with van der Waals surface area (Å²) in [5.41, 5.74) is 2.59. The lowest BCUT2D eigenvalue weighted by Gasteiger charge is -1.99. The zero-order chi connectivity index (χ0) is 12.3. The van der Waals surface area contributed by atoms with Crippen molar-refractivity contribution in [1.82, 2.24) is 4.98 Å². The Hall–Kier alpha value is -1.55. The highest BCUT2D eigenvalue weighted by atomic mass is 79.9. The average molecular weight is 307 g/mol. The number of benzene rings is 1. The number of ketones is 1. The molecule has 0 atom stereocenters. The van der Waals surface area contributed by atoms with E-state index in [4.69, 9.17) is 0 Å². The van der Waals surface area contributed by atoms with E-state index in [1.807, 2.05) is 61.1 Å². The van der Waals surface area contributed by atoms with Crippen LogP contribution in [-0.2, 0) is 6.54 Å². The lowest BCUT2D eigenvalue weighted by Crippen LogP contribution is -3.00. The van der Waals surface area contributed by atoms with Crippen molar-refractivity contribution < 1.29 is 26.3 Å². The fourth-order valence-electron chi connectivity index (χ4n) is 1.83. The Labute approximate surface area is 117 Å². The molecule has 0 fully saturated rings. The second-order valence-corrected chi connectivity index (χ2v) is 4.11. The zero-order valence-electron chi connectivity index (χ0n) is 10.4. The first-order chi connectivity index (χ1) is 8.15. The number of hydrogen-bond acceptors (Lipinski definition) is 2. The molecule has 0 bridgehead atoms. The van der Waals surface area contributed by atoms with Gasteiger partial charge in [0.25, 0.3) is 0 Å². The van der Waals surface area contributed by atoms with Crippen LogP contribution < -0.4 is 21.5 Å². The third-order valence-electron chi connectivity index (χ3n) is 2.48. The number of hydrogen-bond donors (Lipinski definition) is 0. The number of Topliss-reactive ketones (excluding diaryl/α,β-unsaturated/α-hetero) is 1. The van der Waals surface area contributed by atoms with Crippen molar-refractivity contribution in [3.05, 3.63) is 59.7 Å². The van der Waals surface area contributed by atoms with Gasteiger partial charge < -0.3 is 17.0 Å². The molecule has 0 saturated heterocycles. The molecular weight excluding hydrogens is 292 g/mol. The van der Waals surface area contributed by atoms with Gasteiger partial charge >= 0.3 is 0 Å². The van der Waals surface area contributed by atoms with Gasteiger partial charge in [-0.2, -0.15) is 4.57 Å². The molecular formula is C14H15BrN2O. The van der Waals surface area contributed by atoms with E-state index < -0.39 is 0 Å². The van der Waals surface area contributed by atoms with Gasteiger partial charge in [0.05, 0.1) is 0 Å². The predicted molar refractivity (Wildman–Crippen MR) is 64.7 cm³/mol. The van der Waals surface area contributed by atoms with E-state index in [1.54, 1.807) is 0 Å². The van der Waals surface area contributed by atoms with E-state index in [0.717, 1.165) is 17.0 Å². The largest absolute Gasteiger partial charge is 1.00 e. The van der Waals surface area contributed by atoms with Crippen LogP contribution >= 0.6 is 0 Å². The van der Waals surface area contributed by atoms with Gasteiger partial charge in [-0.1, -0.05) is 30.3 Å². The van der Waals surface area contributed by atoms with Gasteiger partial charge in [-0.3, -0.25) is 4.79 Å². The zero-order valence-corrected chi connectivity index (χ0v) is 12.0. The highest BCUT2D eigenvalue weighted by molar-refractivity contribution is 5.94. The number of nitrogens with zero attached hydrogens (tertiary/aromatic N) is 2. The summed E-state index contributed by atoms with van der Waals surface area (Å²) in [7, 11) is 0. The van der Waals surface area contributed by atoms with E-state index in [2.05, 4.69) is 4.98 Å². The smallest absolute Gasteiger partial charge is 0.227 e. The van der Waals surface area contributed by atoms with Crippen LogP contribution in [0.3, 0.4) is 0 Å². The molecule has 0 N–H and O–H groups in total. The van der Waals surface area contributed by atoms with Gasteiger partial charge in [-0.05, 0) is 13.8 Å². The molecule has 0 aliphatic heterocycles. The second kappa shape index (κ2) is 6.40. The van der Waals surface area contributed by atoms with Gasteiger partial charge in [-0.25, -0.2) is 4.98 Å². The molecule has 0 spiro atoms. The normalized spacial score (nSPS) is 9.67. The molecule has 0 saturated carbocycles. The maximum absolute atomic E-state index is 12.0. The molecule has 94 valence electrons. The number of halogens is 1. The van der Waals surface area contributed by atoms with Gasteiger partial charge in [-0.15, -0.1) is 0 Å². The Bertz CT molecular complexity index is 520. The number of aryl methyl sites for hydroxylation is 2. The van der Waals surface area contributed by atoms with E-state index in [1.165, 1.54) is 0 Å². The number of rotatable bonds is 3. The standard InChI is InChI=1S/C14H15N2O.BrH/c1-11-8-16(9-12(2)15-11)10-14(17)13-6-4-3-5-7-13;/h3-9H,10H2,1-2H3;1H/q+1;/p-1.